The second kappa shape index (κ2) is 5.54. The van der Waals surface area contributed by atoms with Crippen LogP contribution in [0.4, 0.5) is 0 Å². The smallest absolute Gasteiger partial charge is 0.272 e. The molecular weight excluding hydrogens is 192 g/mol. The van der Waals surface area contributed by atoms with Gasteiger partial charge in [0.25, 0.3) is 10.1 Å². The first-order chi connectivity index (χ1) is 5.37. The fourth-order valence-electron chi connectivity index (χ4n) is 0.878. The van der Waals surface area contributed by atoms with Gasteiger partial charge in [-0.2, -0.15) is 8.42 Å². The molecule has 0 rings (SSSR count). The predicted octanol–water partition coefficient (Wildman–Crippen LogP) is 0.642. The molecule has 6 heteroatoms. The van der Waals surface area contributed by atoms with Crippen LogP contribution in [0.2, 0.25) is 0 Å². The summed E-state index contributed by atoms with van der Waals surface area (Å²) in [7, 11) is -2.25. The number of rotatable bonds is 5. The van der Waals surface area contributed by atoms with Crippen LogP contribution in [0.25, 0.3) is 0 Å². The van der Waals surface area contributed by atoms with Crippen molar-refractivity contribution in [3.63, 3.8) is 0 Å². The summed E-state index contributed by atoms with van der Waals surface area (Å²) in [5.74, 6) is 0. The lowest BCUT2D eigenvalue weighted by Crippen LogP contribution is -2.33. The third-order valence-electron chi connectivity index (χ3n) is 1.88. The van der Waals surface area contributed by atoms with Gasteiger partial charge in [-0.3, -0.25) is 4.18 Å². The SMILES string of the molecule is COS(=O)(=O)C(C)(C)CCCN.N. The number of hydrogen-bond donors (Lipinski definition) is 2. The molecule has 0 aliphatic rings. The normalized spacial score (nSPS) is 12.3. The van der Waals surface area contributed by atoms with Crippen LogP contribution in [-0.2, 0) is 14.3 Å². The largest absolute Gasteiger partial charge is 0.344 e. The van der Waals surface area contributed by atoms with Gasteiger partial charge in [0.15, 0.2) is 0 Å². The highest BCUT2D eigenvalue weighted by atomic mass is 32.2. The van der Waals surface area contributed by atoms with Gasteiger partial charge in [0, 0.05) is 0 Å². The van der Waals surface area contributed by atoms with Crippen molar-refractivity contribution in [3.05, 3.63) is 0 Å². The molecule has 82 valence electrons. The molecule has 0 bridgehead atoms. The molecule has 0 aliphatic heterocycles. The van der Waals surface area contributed by atoms with Gasteiger partial charge < -0.3 is 11.9 Å². The van der Waals surface area contributed by atoms with Crippen LogP contribution < -0.4 is 11.9 Å². The van der Waals surface area contributed by atoms with Crippen molar-refractivity contribution in [1.29, 1.82) is 0 Å². The zero-order valence-electron chi connectivity index (χ0n) is 8.54. The minimum Gasteiger partial charge on any atom is -0.344 e. The maximum atomic E-state index is 11.3. The Morgan fingerprint density at radius 3 is 2.15 bits per heavy atom. The molecule has 0 aromatic heterocycles. The molecular formula is C7H20N2O3S. The summed E-state index contributed by atoms with van der Waals surface area (Å²) in [6, 6.07) is 0. The quantitative estimate of drug-likeness (QED) is 0.651. The average molecular weight is 212 g/mol. The molecule has 0 unspecified atom stereocenters. The Morgan fingerprint density at radius 1 is 1.38 bits per heavy atom. The van der Waals surface area contributed by atoms with Crippen LogP contribution in [-0.4, -0.2) is 26.8 Å². The van der Waals surface area contributed by atoms with Crippen LogP contribution in [0, 0.1) is 0 Å². The van der Waals surface area contributed by atoms with Crippen molar-refractivity contribution in [1.82, 2.24) is 6.15 Å². The van der Waals surface area contributed by atoms with Crippen molar-refractivity contribution in [3.8, 4) is 0 Å². The summed E-state index contributed by atoms with van der Waals surface area (Å²) >= 11 is 0. The molecule has 0 aliphatic carbocycles. The monoisotopic (exact) mass is 212 g/mol. The Morgan fingerprint density at radius 2 is 1.85 bits per heavy atom. The average Bonchev–Trinajstić information content (AvgIpc) is 2.00. The van der Waals surface area contributed by atoms with Crippen molar-refractivity contribution in [2.75, 3.05) is 13.7 Å². The highest BCUT2D eigenvalue weighted by Crippen LogP contribution is 2.22. The minimum atomic E-state index is -3.43. The lowest BCUT2D eigenvalue weighted by molar-refractivity contribution is 0.364. The fraction of sp³-hybridized carbons (Fsp3) is 1.00. The second-order valence-electron chi connectivity index (χ2n) is 3.27. The van der Waals surface area contributed by atoms with E-state index in [2.05, 4.69) is 4.18 Å². The van der Waals surface area contributed by atoms with E-state index in [0.717, 1.165) is 0 Å². The van der Waals surface area contributed by atoms with E-state index in [-0.39, 0.29) is 6.15 Å². The highest BCUT2D eigenvalue weighted by molar-refractivity contribution is 7.88. The molecule has 0 saturated heterocycles. The Balaban J connectivity index is 0. The molecule has 0 atom stereocenters. The Hall–Kier alpha value is -0.170. The lowest BCUT2D eigenvalue weighted by atomic mass is 10.1. The van der Waals surface area contributed by atoms with Crippen molar-refractivity contribution in [2.45, 2.75) is 31.4 Å². The third kappa shape index (κ3) is 4.04. The van der Waals surface area contributed by atoms with Crippen molar-refractivity contribution in [2.24, 2.45) is 5.73 Å². The van der Waals surface area contributed by atoms with Gasteiger partial charge in [-0.25, -0.2) is 0 Å². The molecule has 0 aromatic rings. The Kier molecular flexibility index (Phi) is 6.52. The van der Waals surface area contributed by atoms with Crippen molar-refractivity contribution < 1.29 is 12.6 Å². The van der Waals surface area contributed by atoms with E-state index in [0.29, 0.717) is 19.4 Å². The van der Waals surface area contributed by atoms with Gasteiger partial charge in [-0.15, -0.1) is 0 Å². The highest BCUT2D eigenvalue weighted by Gasteiger charge is 2.33. The Bertz CT molecular complexity index is 224. The molecule has 0 heterocycles. The molecule has 0 amide bonds. The first kappa shape index (κ1) is 15.3. The maximum Gasteiger partial charge on any atom is 0.272 e. The van der Waals surface area contributed by atoms with Gasteiger partial charge in [-0.05, 0) is 33.2 Å². The summed E-state index contributed by atoms with van der Waals surface area (Å²) in [4.78, 5) is 0. The molecule has 0 radical (unpaired) electrons. The van der Waals surface area contributed by atoms with Gasteiger partial charge in [0.05, 0.1) is 11.9 Å². The zero-order chi connectivity index (χ0) is 9.83. The zero-order valence-corrected chi connectivity index (χ0v) is 9.36. The first-order valence-corrected chi connectivity index (χ1v) is 5.28. The molecule has 0 spiro atoms. The Labute approximate surface area is 80.4 Å². The van der Waals surface area contributed by atoms with Crippen LogP contribution in [0.5, 0.6) is 0 Å². The van der Waals surface area contributed by atoms with Crippen LogP contribution in [0.15, 0.2) is 0 Å². The summed E-state index contributed by atoms with van der Waals surface area (Å²) in [6.07, 6.45) is 1.22. The van der Waals surface area contributed by atoms with Gasteiger partial charge in [0.2, 0.25) is 0 Å². The van der Waals surface area contributed by atoms with E-state index in [1.165, 1.54) is 7.11 Å². The molecule has 5 N–H and O–H groups in total. The van der Waals surface area contributed by atoms with Crippen molar-refractivity contribution >= 4 is 10.1 Å². The molecule has 0 fully saturated rings. The van der Waals surface area contributed by atoms with Gasteiger partial charge in [-0.1, -0.05) is 0 Å². The lowest BCUT2D eigenvalue weighted by Gasteiger charge is -2.22. The standard InChI is InChI=1S/C7H17NO3S.H3N/c1-7(2,5-4-6-8)12(9,10)11-3;/h4-6,8H2,1-3H3;1H3. The maximum absolute atomic E-state index is 11.3. The summed E-state index contributed by atoms with van der Waals surface area (Å²) < 4.78 is 26.1. The third-order valence-corrected chi connectivity index (χ3v) is 3.88. The number of hydrogen-bond acceptors (Lipinski definition) is 5. The van der Waals surface area contributed by atoms with E-state index in [1.807, 2.05) is 0 Å². The van der Waals surface area contributed by atoms with Gasteiger partial charge >= 0.3 is 0 Å². The topological polar surface area (TPSA) is 104 Å². The second-order valence-corrected chi connectivity index (χ2v) is 5.62. The number of nitrogens with two attached hydrogens (primary N) is 1. The molecule has 13 heavy (non-hydrogen) atoms. The van der Waals surface area contributed by atoms with Gasteiger partial charge in [0.1, 0.15) is 0 Å². The van der Waals surface area contributed by atoms with E-state index in [9.17, 15) is 8.42 Å². The van der Waals surface area contributed by atoms with Crippen LogP contribution in [0.3, 0.4) is 0 Å². The van der Waals surface area contributed by atoms with E-state index in [1.54, 1.807) is 13.8 Å². The van der Waals surface area contributed by atoms with E-state index in [4.69, 9.17) is 5.73 Å². The first-order valence-electron chi connectivity index (χ1n) is 3.87. The minimum absolute atomic E-state index is 0. The van der Waals surface area contributed by atoms with Crippen LogP contribution in [0.1, 0.15) is 26.7 Å². The molecule has 5 nitrogen and oxygen atoms in total. The predicted molar refractivity (Wildman–Crippen MR) is 53.3 cm³/mol. The summed E-state index contributed by atoms with van der Waals surface area (Å²) in [5, 5.41) is 0. The van der Waals surface area contributed by atoms with E-state index < -0.39 is 14.9 Å². The van der Waals surface area contributed by atoms with E-state index >= 15 is 0 Å². The van der Waals surface area contributed by atoms with Crippen LogP contribution >= 0.6 is 0 Å². The molecule has 0 saturated carbocycles. The summed E-state index contributed by atoms with van der Waals surface area (Å²) in [5.41, 5.74) is 5.28. The molecule has 0 aromatic carbocycles. The summed E-state index contributed by atoms with van der Waals surface area (Å²) in [6.45, 7) is 3.78. The fourth-order valence-corrected chi connectivity index (χ4v) is 1.72.